The highest BCUT2D eigenvalue weighted by Gasteiger charge is 2.59. The lowest BCUT2D eigenvalue weighted by Gasteiger charge is -2.41. The van der Waals surface area contributed by atoms with E-state index in [1.54, 1.807) is 0 Å². The minimum atomic E-state index is 0.513. The molecule has 2 nitrogen and oxygen atoms in total. The number of piperidine rings is 1. The van der Waals surface area contributed by atoms with Gasteiger partial charge in [-0.3, -0.25) is 4.31 Å². The normalized spacial score (nSPS) is 48.0. The van der Waals surface area contributed by atoms with E-state index in [1.807, 2.05) is 0 Å². The van der Waals surface area contributed by atoms with Crippen LogP contribution in [-0.4, -0.2) is 23.4 Å². The van der Waals surface area contributed by atoms with Gasteiger partial charge in [0.15, 0.2) is 0 Å². The quantitative estimate of drug-likeness (QED) is 0.574. The molecule has 0 aromatic rings. The summed E-state index contributed by atoms with van der Waals surface area (Å²) >= 11 is 4.39. The predicted molar refractivity (Wildman–Crippen MR) is 56.4 cm³/mol. The van der Waals surface area contributed by atoms with Crippen molar-refractivity contribution in [1.82, 2.24) is 4.31 Å². The number of nitrogens with two attached hydrogens (primary N) is 1. The Labute approximate surface area is 85.4 Å². The van der Waals surface area contributed by atoms with Gasteiger partial charge in [0.1, 0.15) is 0 Å². The van der Waals surface area contributed by atoms with E-state index in [0.29, 0.717) is 11.5 Å². The van der Waals surface area contributed by atoms with Crippen LogP contribution in [0.4, 0.5) is 0 Å². The average molecular weight is 198 g/mol. The van der Waals surface area contributed by atoms with E-state index in [-0.39, 0.29) is 0 Å². The Bertz CT molecular complexity index is 223. The van der Waals surface area contributed by atoms with Crippen LogP contribution in [0.25, 0.3) is 0 Å². The van der Waals surface area contributed by atoms with Gasteiger partial charge in [0.25, 0.3) is 0 Å². The zero-order chi connectivity index (χ0) is 9.05. The number of hydrogen-bond donors (Lipinski definition) is 2. The molecule has 3 heteroatoms. The van der Waals surface area contributed by atoms with Crippen LogP contribution in [0.3, 0.4) is 0 Å². The molecule has 0 aromatic heterocycles. The van der Waals surface area contributed by atoms with Gasteiger partial charge in [0.2, 0.25) is 0 Å². The Hall–Kier alpha value is 0.270. The highest BCUT2D eigenvalue weighted by molar-refractivity contribution is 7.77. The van der Waals surface area contributed by atoms with Crippen molar-refractivity contribution in [2.45, 2.75) is 31.7 Å². The number of hydrogen-bond acceptors (Lipinski definition) is 3. The summed E-state index contributed by atoms with van der Waals surface area (Å²) in [6.07, 6.45) is 5.41. The number of nitrogens with zero attached hydrogens (tertiary/aromatic N) is 1. The number of fused-ring (bicyclic) bond motifs is 1. The molecular formula is C10H18N2S. The second-order valence-corrected chi connectivity index (χ2v) is 5.77. The maximum absolute atomic E-state index is 6.33. The van der Waals surface area contributed by atoms with Crippen molar-refractivity contribution < 1.29 is 0 Å². The number of rotatable bonds is 0. The van der Waals surface area contributed by atoms with Crippen LogP contribution < -0.4 is 5.73 Å². The summed E-state index contributed by atoms with van der Waals surface area (Å²) in [6.45, 7) is 2.27. The Kier molecular flexibility index (Phi) is 1.74. The molecule has 2 saturated carbocycles. The van der Waals surface area contributed by atoms with Crippen molar-refractivity contribution in [1.29, 1.82) is 0 Å². The van der Waals surface area contributed by atoms with Crippen LogP contribution in [0, 0.1) is 17.3 Å². The van der Waals surface area contributed by atoms with Crippen molar-refractivity contribution in [2.24, 2.45) is 23.0 Å². The first-order valence-corrected chi connectivity index (χ1v) is 5.81. The molecule has 3 fully saturated rings. The standard InChI is InChI=1S/C10H18N2S/c11-9-8-5-7(8)6-10(9)1-3-12(13)4-2-10/h7-9,13H,1-6,11H2/t7?,8?,9-/m0/s1. The van der Waals surface area contributed by atoms with Gasteiger partial charge in [-0.15, -0.1) is 0 Å². The zero-order valence-corrected chi connectivity index (χ0v) is 8.84. The van der Waals surface area contributed by atoms with E-state index >= 15 is 0 Å². The molecule has 3 atom stereocenters. The highest BCUT2D eigenvalue weighted by atomic mass is 32.1. The van der Waals surface area contributed by atoms with Crippen molar-refractivity contribution in [3.63, 3.8) is 0 Å². The van der Waals surface area contributed by atoms with E-state index < -0.39 is 0 Å². The molecule has 1 heterocycles. The molecule has 2 unspecified atom stereocenters. The Morgan fingerprint density at radius 3 is 2.54 bits per heavy atom. The zero-order valence-electron chi connectivity index (χ0n) is 7.95. The van der Waals surface area contributed by atoms with Crippen LogP contribution >= 0.6 is 12.8 Å². The second-order valence-electron chi connectivity index (χ2n) is 5.21. The molecule has 0 aromatic carbocycles. The molecular weight excluding hydrogens is 180 g/mol. The van der Waals surface area contributed by atoms with Gasteiger partial charge in [-0.25, -0.2) is 0 Å². The molecule has 2 aliphatic carbocycles. The van der Waals surface area contributed by atoms with Crippen LogP contribution in [-0.2, 0) is 0 Å². The van der Waals surface area contributed by atoms with E-state index in [2.05, 4.69) is 17.1 Å². The lowest BCUT2D eigenvalue weighted by Crippen LogP contribution is -2.46. The summed E-state index contributed by atoms with van der Waals surface area (Å²) in [5.41, 5.74) is 6.85. The van der Waals surface area contributed by atoms with Crippen LogP contribution in [0.15, 0.2) is 0 Å². The predicted octanol–water partition coefficient (Wildman–Crippen LogP) is 1.28. The van der Waals surface area contributed by atoms with Crippen LogP contribution in [0.1, 0.15) is 25.7 Å². The molecule has 0 radical (unpaired) electrons. The fourth-order valence-corrected chi connectivity index (χ4v) is 3.74. The molecule has 1 spiro atoms. The lowest BCUT2D eigenvalue weighted by atomic mass is 9.72. The molecule has 13 heavy (non-hydrogen) atoms. The first-order chi connectivity index (χ1) is 6.21. The summed E-state index contributed by atoms with van der Waals surface area (Å²) in [5, 5.41) is 0. The molecule has 1 saturated heterocycles. The first kappa shape index (κ1) is 8.57. The first-order valence-electron chi connectivity index (χ1n) is 5.41. The molecule has 3 rings (SSSR count). The average Bonchev–Trinajstić information content (AvgIpc) is 2.82. The largest absolute Gasteiger partial charge is 0.327 e. The highest BCUT2D eigenvalue weighted by Crippen LogP contribution is 2.62. The van der Waals surface area contributed by atoms with Crippen molar-refractivity contribution >= 4 is 12.8 Å². The lowest BCUT2D eigenvalue weighted by molar-refractivity contribution is 0.128. The monoisotopic (exact) mass is 198 g/mol. The molecule has 2 N–H and O–H groups in total. The van der Waals surface area contributed by atoms with Gasteiger partial charge in [-0.05, 0) is 42.9 Å². The number of thiol groups is 1. The summed E-state index contributed by atoms with van der Waals surface area (Å²) in [7, 11) is 0. The Balaban J connectivity index is 1.75. The topological polar surface area (TPSA) is 29.3 Å². The van der Waals surface area contributed by atoms with Gasteiger partial charge in [-0.2, -0.15) is 0 Å². The van der Waals surface area contributed by atoms with Gasteiger partial charge < -0.3 is 5.73 Å². The fraction of sp³-hybridized carbons (Fsp3) is 1.00. The molecule has 0 bridgehead atoms. The van der Waals surface area contributed by atoms with E-state index in [4.69, 9.17) is 5.73 Å². The summed E-state index contributed by atoms with van der Waals surface area (Å²) < 4.78 is 2.14. The van der Waals surface area contributed by atoms with Crippen molar-refractivity contribution in [3.05, 3.63) is 0 Å². The van der Waals surface area contributed by atoms with Crippen molar-refractivity contribution in [2.75, 3.05) is 13.1 Å². The van der Waals surface area contributed by atoms with E-state index in [1.165, 1.54) is 25.7 Å². The summed E-state index contributed by atoms with van der Waals surface area (Å²) in [4.78, 5) is 0. The molecule has 1 aliphatic heterocycles. The minimum absolute atomic E-state index is 0.513. The molecule has 0 amide bonds. The van der Waals surface area contributed by atoms with Crippen LogP contribution in [0.5, 0.6) is 0 Å². The van der Waals surface area contributed by atoms with Gasteiger partial charge >= 0.3 is 0 Å². The maximum atomic E-state index is 6.33. The smallest absolute Gasteiger partial charge is 0.0128 e. The second kappa shape index (κ2) is 2.65. The minimum Gasteiger partial charge on any atom is -0.327 e. The van der Waals surface area contributed by atoms with E-state index in [0.717, 1.165) is 24.9 Å². The maximum Gasteiger partial charge on any atom is 0.0128 e. The molecule has 74 valence electrons. The fourth-order valence-electron chi connectivity index (χ4n) is 3.54. The van der Waals surface area contributed by atoms with Crippen molar-refractivity contribution in [3.8, 4) is 0 Å². The van der Waals surface area contributed by atoms with Gasteiger partial charge in [-0.1, -0.05) is 12.8 Å². The van der Waals surface area contributed by atoms with Gasteiger partial charge in [0.05, 0.1) is 0 Å². The third-order valence-electron chi connectivity index (χ3n) is 4.55. The van der Waals surface area contributed by atoms with Crippen LogP contribution in [0.2, 0.25) is 0 Å². The third-order valence-corrected chi connectivity index (χ3v) is 4.95. The van der Waals surface area contributed by atoms with Gasteiger partial charge in [0, 0.05) is 19.1 Å². The third kappa shape index (κ3) is 1.17. The Morgan fingerprint density at radius 1 is 1.31 bits per heavy atom. The van der Waals surface area contributed by atoms with E-state index in [9.17, 15) is 0 Å². The SMILES string of the molecule is N[C@H]1C2CC2CC12CCN(S)CC2. The molecule has 3 aliphatic rings. The summed E-state index contributed by atoms with van der Waals surface area (Å²) in [6, 6.07) is 0.513. The Morgan fingerprint density at radius 2 is 2.00 bits per heavy atom. The summed E-state index contributed by atoms with van der Waals surface area (Å²) in [5.74, 6) is 1.90.